The minimum absolute atomic E-state index is 0.0719. The van der Waals surface area contributed by atoms with E-state index in [1.54, 1.807) is 17.4 Å². The van der Waals surface area contributed by atoms with Gasteiger partial charge >= 0.3 is 5.97 Å². The zero-order chi connectivity index (χ0) is 17.3. The maximum atomic E-state index is 11.4. The molecule has 3 N–H and O–H groups in total. The van der Waals surface area contributed by atoms with Gasteiger partial charge in [0.25, 0.3) is 0 Å². The van der Waals surface area contributed by atoms with Crippen molar-refractivity contribution in [2.45, 2.75) is 24.8 Å². The maximum absolute atomic E-state index is 11.4. The van der Waals surface area contributed by atoms with E-state index in [1.165, 1.54) is 7.11 Å². The Bertz CT molecular complexity index is 808. The molecule has 5 nitrogen and oxygen atoms in total. The van der Waals surface area contributed by atoms with Crippen molar-refractivity contribution in [2.75, 3.05) is 19.0 Å². The van der Waals surface area contributed by atoms with Gasteiger partial charge in [0, 0.05) is 22.9 Å². The lowest BCUT2D eigenvalue weighted by atomic mass is 9.88. The molecular weight excluding hydrogens is 414 g/mol. The fourth-order valence-electron chi connectivity index (χ4n) is 2.77. The Labute approximate surface area is 157 Å². The number of methoxy groups -OCH3 is 1. The predicted molar refractivity (Wildman–Crippen MR) is 102 cm³/mol. The number of anilines is 1. The van der Waals surface area contributed by atoms with Gasteiger partial charge in [0.05, 0.1) is 27.5 Å². The molecule has 0 amide bonds. The highest BCUT2D eigenvalue weighted by molar-refractivity contribution is 9.10. The zero-order valence-corrected chi connectivity index (χ0v) is 16.2. The second-order valence-electron chi connectivity index (χ2n) is 5.59. The number of carbonyl (C=O) groups is 1. The molecular formula is C16H17BrClN3O2S. The molecule has 0 aliphatic heterocycles. The molecule has 2 aromatic heterocycles. The second kappa shape index (κ2) is 7.39. The van der Waals surface area contributed by atoms with Gasteiger partial charge in [-0.25, -0.2) is 4.98 Å². The number of fused-ring (bicyclic) bond motifs is 1. The SMILES string of the molecule is COC(=O)CNc1cc(Cl)nc2c(Br)c([C@H]3CC=CC[C@@H]3N)sc12. The van der Waals surface area contributed by atoms with Crippen LogP contribution in [0, 0.1) is 0 Å². The number of rotatable bonds is 4. The molecule has 0 fully saturated rings. The number of nitrogens with zero attached hydrogens (tertiary/aromatic N) is 1. The fourth-order valence-corrected chi connectivity index (χ4v) is 5.23. The van der Waals surface area contributed by atoms with Crippen molar-refractivity contribution in [1.82, 2.24) is 4.98 Å². The maximum Gasteiger partial charge on any atom is 0.325 e. The number of ether oxygens (including phenoxy) is 1. The standard InChI is InChI=1S/C16H17BrClN3O2S/c1-23-12(22)7-20-10-6-11(18)21-14-13(17)15(24-16(10)14)8-4-2-3-5-9(8)19/h2-3,6,8-9H,4-5,7,19H2,1H3,(H,20,21)/t8-,9-/m0/s1. The monoisotopic (exact) mass is 429 g/mol. The molecule has 0 unspecified atom stereocenters. The average Bonchev–Trinajstić information content (AvgIpc) is 2.90. The van der Waals surface area contributed by atoms with E-state index >= 15 is 0 Å². The number of thiophene rings is 1. The topological polar surface area (TPSA) is 77.2 Å². The lowest BCUT2D eigenvalue weighted by Gasteiger charge is -2.24. The van der Waals surface area contributed by atoms with E-state index in [2.05, 4.69) is 43.1 Å². The van der Waals surface area contributed by atoms with Crippen LogP contribution in [0.1, 0.15) is 23.6 Å². The smallest absolute Gasteiger partial charge is 0.325 e. The van der Waals surface area contributed by atoms with E-state index < -0.39 is 0 Å². The molecule has 0 spiro atoms. The predicted octanol–water partition coefficient (Wildman–Crippen LogP) is 4.06. The molecule has 24 heavy (non-hydrogen) atoms. The number of halogens is 2. The Morgan fingerprint density at radius 1 is 1.54 bits per heavy atom. The summed E-state index contributed by atoms with van der Waals surface area (Å²) in [6.45, 7) is 0.0719. The third-order valence-electron chi connectivity index (χ3n) is 4.05. The summed E-state index contributed by atoms with van der Waals surface area (Å²) in [5.74, 6) is -0.0952. The highest BCUT2D eigenvalue weighted by Crippen LogP contribution is 2.45. The van der Waals surface area contributed by atoms with E-state index in [-0.39, 0.29) is 24.5 Å². The number of hydrogen-bond acceptors (Lipinski definition) is 6. The lowest BCUT2D eigenvalue weighted by Crippen LogP contribution is -2.29. The van der Waals surface area contributed by atoms with Crippen LogP contribution >= 0.6 is 38.9 Å². The molecule has 0 radical (unpaired) electrons. The molecule has 1 aliphatic carbocycles. The van der Waals surface area contributed by atoms with Crippen LogP contribution in [0.3, 0.4) is 0 Å². The minimum Gasteiger partial charge on any atom is -0.468 e. The van der Waals surface area contributed by atoms with Gasteiger partial charge in [-0.1, -0.05) is 23.8 Å². The lowest BCUT2D eigenvalue weighted by molar-refractivity contribution is -0.138. The van der Waals surface area contributed by atoms with E-state index in [0.29, 0.717) is 5.15 Å². The van der Waals surface area contributed by atoms with E-state index in [4.69, 9.17) is 17.3 Å². The van der Waals surface area contributed by atoms with Gasteiger partial charge in [0.1, 0.15) is 11.7 Å². The summed E-state index contributed by atoms with van der Waals surface area (Å²) in [4.78, 5) is 17.0. The van der Waals surface area contributed by atoms with Crippen molar-refractivity contribution >= 4 is 60.7 Å². The van der Waals surface area contributed by atoms with Crippen molar-refractivity contribution in [3.63, 3.8) is 0 Å². The van der Waals surface area contributed by atoms with Gasteiger partial charge in [0.15, 0.2) is 0 Å². The Morgan fingerprint density at radius 2 is 2.29 bits per heavy atom. The first-order valence-electron chi connectivity index (χ1n) is 7.51. The quantitative estimate of drug-likeness (QED) is 0.434. The highest BCUT2D eigenvalue weighted by atomic mass is 79.9. The number of hydrogen-bond donors (Lipinski definition) is 2. The minimum atomic E-state index is -0.341. The largest absolute Gasteiger partial charge is 0.468 e. The highest BCUT2D eigenvalue weighted by Gasteiger charge is 2.27. The summed E-state index contributed by atoms with van der Waals surface area (Å²) in [6.07, 6.45) is 6.07. The van der Waals surface area contributed by atoms with Crippen molar-refractivity contribution in [3.8, 4) is 0 Å². The third kappa shape index (κ3) is 3.44. The van der Waals surface area contributed by atoms with Gasteiger partial charge in [-0.05, 0) is 28.8 Å². The number of carbonyl (C=O) groups excluding carboxylic acids is 1. The molecule has 0 saturated carbocycles. The third-order valence-corrected chi connectivity index (χ3v) is 6.65. The molecule has 2 aromatic rings. The van der Waals surface area contributed by atoms with Crippen molar-refractivity contribution in [2.24, 2.45) is 5.73 Å². The normalized spacial score (nSPS) is 20.3. The summed E-state index contributed by atoms with van der Waals surface area (Å²) >= 11 is 11.4. The molecule has 0 aromatic carbocycles. The summed E-state index contributed by atoms with van der Waals surface area (Å²) in [5.41, 5.74) is 7.86. The van der Waals surface area contributed by atoms with Crippen molar-refractivity contribution in [1.29, 1.82) is 0 Å². The first-order chi connectivity index (χ1) is 11.5. The van der Waals surface area contributed by atoms with Crippen LogP contribution in [0.15, 0.2) is 22.7 Å². The van der Waals surface area contributed by atoms with Crippen LogP contribution in [0.2, 0.25) is 5.15 Å². The second-order valence-corrected chi connectivity index (χ2v) is 7.83. The first-order valence-corrected chi connectivity index (χ1v) is 9.49. The molecule has 8 heteroatoms. The van der Waals surface area contributed by atoms with E-state index in [1.807, 2.05) is 0 Å². The number of pyridine rings is 1. The van der Waals surface area contributed by atoms with Crippen LogP contribution in [0.5, 0.6) is 0 Å². The Morgan fingerprint density at radius 3 is 3.00 bits per heavy atom. The zero-order valence-electron chi connectivity index (χ0n) is 13.0. The van der Waals surface area contributed by atoms with Crippen molar-refractivity contribution in [3.05, 3.63) is 32.7 Å². The molecule has 3 rings (SSSR count). The van der Waals surface area contributed by atoms with Crippen LogP contribution in [-0.2, 0) is 9.53 Å². The van der Waals surface area contributed by atoms with Crippen LogP contribution < -0.4 is 11.1 Å². The van der Waals surface area contributed by atoms with Gasteiger partial charge < -0.3 is 15.8 Å². The Kier molecular flexibility index (Phi) is 5.44. The summed E-state index contributed by atoms with van der Waals surface area (Å²) < 4.78 is 6.56. The van der Waals surface area contributed by atoms with Crippen LogP contribution in [0.4, 0.5) is 5.69 Å². The van der Waals surface area contributed by atoms with Gasteiger partial charge in [-0.3, -0.25) is 4.79 Å². The first kappa shape index (κ1) is 17.7. The summed E-state index contributed by atoms with van der Waals surface area (Å²) in [6, 6.07) is 1.81. The molecule has 128 valence electrons. The fraction of sp³-hybridized carbons (Fsp3) is 0.375. The number of esters is 1. The van der Waals surface area contributed by atoms with Gasteiger partial charge in [-0.2, -0.15) is 0 Å². The summed E-state index contributed by atoms with van der Waals surface area (Å²) in [7, 11) is 1.36. The number of aromatic nitrogens is 1. The van der Waals surface area contributed by atoms with Crippen LogP contribution in [0.25, 0.3) is 10.2 Å². The molecule has 0 bridgehead atoms. The van der Waals surface area contributed by atoms with E-state index in [0.717, 1.165) is 38.1 Å². The van der Waals surface area contributed by atoms with Gasteiger partial charge in [0.2, 0.25) is 0 Å². The summed E-state index contributed by atoms with van der Waals surface area (Å²) in [5, 5.41) is 3.45. The molecule has 2 atom stereocenters. The van der Waals surface area contributed by atoms with E-state index in [9.17, 15) is 4.79 Å². The molecule has 1 aliphatic rings. The molecule has 2 heterocycles. The Hall–Kier alpha value is -1.15. The number of nitrogens with one attached hydrogen (secondary N) is 1. The van der Waals surface area contributed by atoms with Crippen molar-refractivity contribution < 1.29 is 9.53 Å². The molecule has 0 saturated heterocycles. The number of allylic oxidation sites excluding steroid dienone is 1. The average molecular weight is 431 g/mol. The van der Waals surface area contributed by atoms with Gasteiger partial charge in [-0.15, -0.1) is 11.3 Å². The Balaban J connectivity index is 2.03. The van der Waals surface area contributed by atoms with Crippen LogP contribution in [-0.4, -0.2) is 30.6 Å². The number of nitrogens with two attached hydrogens (primary N) is 1.